The lowest BCUT2D eigenvalue weighted by Crippen LogP contribution is -2.25. The Bertz CT molecular complexity index is 876. The van der Waals surface area contributed by atoms with Crippen molar-refractivity contribution in [3.8, 4) is 0 Å². The maximum atomic E-state index is 12.3. The highest BCUT2D eigenvalue weighted by atomic mass is 79.9. The van der Waals surface area contributed by atoms with Gasteiger partial charge >= 0.3 is 0 Å². The molecule has 0 aliphatic carbocycles. The van der Waals surface area contributed by atoms with Gasteiger partial charge in [-0.3, -0.25) is 4.79 Å². The number of unbranched alkanes of at least 4 members (excludes halogenated alkanes) is 1. The SMILES string of the molecule is Cc1ccc(S(=O)(=O)NCCCCn2cc(Br)ccc2=O)cc1C. The number of aromatic nitrogens is 1. The van der Waals surface area contributed by atoms with E-state index in [1.807, 2.05) is 19.9 Å². The molecule has 0 unspecified atom stereocenters. The van der Waals surface area contributed by atoms with E-state index in [4.69, 9.17) is 0 Å². The van der Waals surface area contributed by atoms with Crippen molar-refractivity contribution < 1.29 is 8.42 Å². The molecule has 24 heavy (non-hydrogen) atoms. The number of halogens is 1. The molecule has 2 aromatic rings. The molecule has 1 aromatic carbocycles. The highest BCUT2D eigenvalue weighted by molar-refractivity contribution is 9.10. The van der Waals surface area contributed by atoms with Crippen LogP contribution in [0.25, 0.3) is 0 Å². The lowest BCUT2D eigenvalue weighted by atomic mass is 10.1. The first-order valence-corrected chi connectivity index (χ1v) is 10.00. The molecule has 0 aliphatic rings. The van der Waals surface area contributed by atoms with Gasteiger partial charge in [-0.15, -0.1) is 0 Å². The van der Waals surface area contributed by atoms with Crippen molar-refractivity contribution in [2.24, 2.45) is 0 Å². The maximum Gasteiger partial charge on any atom is 0.250 e. The summed E-state index contributed by atoms with van der Waals surface area (Å²) in [5.74, 6) is 0. The molecule has 1 aromatic heterocycles. The van der Waals surface area contributed by atoms with Crippen LogP contribution >= 0.6 is 15.9 Å². The Hall–Kier alpha value is -1.44. The molecule has 7 heteroatoms. The lowest BCUT2D eigenvalue weighted by molar-refractivity contribution is 0.561. The molecule has 5 nitrogen and oxygen atoms in total. The average molecular weight is 413 g/mol. The molecule has 0 bridgehead atoms. The average Bonchev–Trinajstić information content (AvgIpc) is 2.52. The third-order valence-corrected chi connectivity index (χ3v) is 5.78. The van der Waals surface area contributed by atoms with Crippen molar-refractivity contribution in [1.82, 2.24) is 9.29 Å². The summed E-state index contributed by atoms with van der Waals surface area (Å²) in [5.41, 5.74) is 1.95. The van der Waals surface area contributed by atoms with E-state index in [-0.39, 0.29) is 10.5 Å². The van der Waals surface area contributed by atoms with Gasteiger partial charge in [0.15, 0.2) is 0 Å². The van der Waals surface area contributed by atoms with Crippen LogP contribution in [-0.4, -0.2) is 19.5 Å². The fourth-order valence-electron chi connectivity index (χ4n) is 2.25. The van der Waals surface area contributed by atoms with Crippen molar-refractivity contribution in [1.29, 1.82) is 0 Å². The van der Waals surface area contributed by atoms with Crippen LogP contribution in [0.1, 0.15) is 24.0 Å². The Morgan fingerprint density at radius 2 is 1.83 bits per heavy atom. The Kier molecular flexibility index (Phi) is 6.37. The number of hydrogen-bond acceptors (Lipinski definition) is 3. The molecule has 0 fully saturated rings. The minimum absolute atomic E-state index is 0.0612. The second kappa shape index (κ2) is 8.09. The van der Waals surface area contributed by atoms with Gasteiger partial charge in [0.1, 0.15) is 0 Å². The van der Waals surface area contributed by atoms with Crippen molar-refractivity contribution in [2.45, 2.75) is 38.1 Å². The summed E-state index contributed by atoms with van der Waals surface area (Å²) in [6, 6.07) is 8.32. The minimum Gasteiger partial charge on any atom is -0.314 e. The second-order valence-corrected chi connectivity index (χ2v) is 8.41. The first-order chi connectivity index (χ1) is 11.3. The van der Waals surface area contributed by atoms with E-state index < -0.39 is 10.0 Å². The largest absolute Gasteiger partial charge is 0.314 e. The number of aryl methyl sites for hydroxylation is 3. The van der Waals surface area contributed by atoms with E-state index >= 15 is 0 Å². The Labute approximate surface area is 150 Å². The van der Waals surface area contributed by atoms with E-state index in [2.05, 4.69) is 20.7 Å². The topological polar surface area (TPSA) is 68.2 Å². The van der Waals surface area contributed by atoms with Gasteiger partial charge in [0.2, 0.25) is 10.0 Å². The molecule has 1 N–H and O–H groups in total. The van der Waals surface area contributed by atoms with Gasteiger partial charge in [-0.05, 0) is 71.9 Å². The van der Waals surface area contributed by atoms with Gasteiger partial charge in [-0.2, -0.15) is 0 Å². The summed E-state index contributed by atoms with van der Waals surface area (Å²) in [5, 5.41) is 0. The number of pyridine rings is 1. The quantitative estimate of drug-likeness (QED) is 0.710. The van der Waals surface area contributed by atoms with Crippen LogP contribution in [0.5, 0.6) is 0 Å². The molecule has 0 amide bonds. The van der Waals surface area contributed by atoms with Crippen LogP contribution in [0.3, 0.4) is 0 Å². The first-order valence-electron chi connectivity index (χ1n) is 7.72. The van der Waals surface area contributed by atoms with Crippen LogP contribution in [0.15, 0.2) is 50.7 Å². The zero-order valence-electron chi connectivity index (χ0n) is 13.8. The molecular formula is C17H21BrN2O3S. The van der Waals surface area contributed by atoms with Gasteiger partial charge in [-0.25, -0.2) is 13.1 Å². The van der Waals surface area contributed by atoms with Gasteiger partial charge in [0.25, 0.3) is 5.56 Å². The van der Waals surface area contributed by atoms with Crippen molar-refractivity contribution in [2.75, 3.05) is 6.54 Å². The summed E-state index contributed by atoms with van der Waals surface area (Å²) in [7, 11) is -3.49. The molecule has 0 saturated carbocycles. The van der Waals surface area contributed by atoms with Gasteiger partial charge in [-0.1, -0.05) is 6.07 Å². The van der Waals surface area contributed by atoms with Gasteiger partial charge in [0.05, 0.1) is 4.90 Å². The predicted octanol–water partition coefficient (Wildman–Crippen LogP) is 2.99. The summed E-state index contributed by atoms with van der Waals surface area (Å²) in [6.45, 7) is 4.74. The zero-order valence-corrected chi connectivity index (χ0v) is 16.2. The molecule has 0 spiro atoms. The van der Waals surface area contributed by atoms with Crippen molar-refractivity contribution >= 4 is 26.0 Å². The van der Waals surface area contributed by atoms with E-state index in [0.29, 0.717) is 25.9 Å². The fourth-order valence-corrected chi connectivity index (χ4v) is 3.79. The Balaban J connectivity index is 1.86. The van der Waals surface area contributed by atoms with E-state index in [0.717, 1.165) is 15.6 Å². The fraction of sp³-hybridized carbons (Fsp3) is 0.353. The standard InChI is InChI=1S/C17H21BrN2O3S/c1-13-5-7-16(11-14(13)2)24(22,23)19-9-3-4-10-20-12-15(18)6-8-17(20)21/h5-8,11-12,19H,3-4,9-10H2,1-2H3. The van der Waals surface area contributed by atoms with Crippen LogP contribution in [0.4, 0.5) is 0 Å². The summed E-state index contributed by atoms with van der Waals surface area (Å²) in [6.07, 6.45) is 3.11. The third-order valence-electron chi connectivity index (χ3n) is 3.85. The van der Waals surface area contributed by atoms with Crippen LogP contribution in [0, 0.1) is 13.8 Å². The Morgan fingerprint density at radius 3 is 2.54 bits per heavy atom. The highest BCUT2D eigenvalue weighted by Gasteiger charge is 2.13. The number of benzene rings is 1. The molecule has 0 saturated heterocycles. The number of nitrogens with zero attached hydrogens (tertiary/aromatic N) is 1. The van der Waals surface area contributed by atoms with Crippen LogP contribution in [-0.2, 0) is 16.6 Å². The molecule has 1 heterocycles. The number of rotatable bonds is 7. The third kappa shape index (κ3) is 5.03. The molecule has 0 atom stereocenters. The van der Waals surface area contributed by atoms with Crippen LogP contribution < -0.4 is 10.3 Å². The smallest absolute Gasteiger partial charge is 0.250 e. The summed E-state index contributed by atoms with van der Waals surface area (Å²) in [4.78, 5) is 12.0. The first kappa shape index (κ1) is 18.9. The number of sulfonamides is 1. The van der Waals surface area contributed by atoms with Crippen molar-refractivity contribution in [3.63, 3.8) is 0 Å². The lowest BCUT2D eigenvalue weighted by Gasteiger charge is -2.09. The van der Waals surface area contributed by atoms with Gasteiger partial charge in [0, 0.05) is 29.8 Å². The monoisotopic (exact) mass is 412 g/mol. The van der Waals surface area contributed by atoms with Crippen LogP contribution in [0.2, 0.25) is 0 Å². The second-order valence-electron chi connectivity index (χ2n) is 5.73. The number of nitrogens with one attached hydrogen (secondary N) is 1. The highest BCUT2D eigenvalue weighted by Crippen LogP contribution is 2.14. The van der Waals surface area contributed by atoms with E-state index in [1.165, 1.54) is 6.07 Å². The zero-order chi connectivity index (χ0) is 17.7. The molecular weight excluding hydrogens is 392 g/mol. The maximum absolute atomic E-state index is 12.3. The number of hydrogen-bond donors (Lipinski definition) is 1. The van der Waals surface area contributed by atoms with Crippen molar-refractivity contribution in [3.05, 3.63) is 62.5 Å². The summed E-state index contributed by atoms with van der Waals surface area (Å²) < 4.78 is 29.6. The Morgan fingerprint density at radius 1 is 1.08 bits per heavy atom. The van der Waals surface area contributed by atoms with E-state index in [1.54, 1.807) is 29.0 Å². The van der Waals surface area contributed by atoms with E-state index in [9.17, 15) is 13.2 Å². The summed E-state index contributed by atoms with van der Waals surface area (Å²) >= 11 is 3.33. The molecule has 130 valence electrons. The van der Waals surface area contributed by atoms with Gasteiger partial charge < -0.3 is 4.57 Å². The normalized spacial score (nSPS) is 11.6. The minimum atomic E-state index is -3.49. The predicted molar refractivity (Wildman–Crippen MR) is 98.7 cm³/mol. The molecule has 0 aliphatic heterocycles. The molecule has 2 rings (SSSR count). The molecule has 0 radical (unpaired) electrons.